The lowest BCUT2D eigenvalue weighted by Crippen LogP contribution is -2.23. The Labute approximate surface area is 206 Å². The highest BCUT2D eigenvalue weighted by molar-refractivity contribution is 7.98. The Morgan fingerprint density at radius 3 is 2.68 bits per heavy atom. The number of hydrogen-bond acceptors (Lipinski definition) is 7. The summed E-state index contributed by atoms with van der Waals surface area (Å²) in [5.74, 6) is 3.43. The molecule has 0 N–H and O–H groups in total. The lowest BCUT2D eigenvalue weighted by molar-refractivity contribution is 0.0934. The van der Waals surface area contributed by atoms with Crippen molar-refractivity contribution in [1.29, 1.82) is 0 Å². The van der Waals surface area contributed by atoms with E-state index in [2.05, 4.69) is 64.0 Å². The third kappa shape index (κ3) is 6.11. The number of ether oxygens (including phenoxy) is 3. The zero-order valence-corrected chi connectivity index (χ0v) is 21.3. The number of methoxy groups -OCH3 is 2. The van der Waals surface area contributed by atoms with Crippen molar-refractivity contribution in [3.63, 3.8) is 0 Å². The molecule has 2 aromatic carbocycles. The van der Waals surface area contributed by atoms with Gasteiger partial charge in [-0.2, -0.15) is 0 Å². The molecule has 1 aliphatic rings. The second-order valence-corrected chi connectivity index (χ2v) is 9.65. The Morgan fingerprint density at radius 2 is 1.94 bits per heavy atom. The van der Waals surface area contributed by atoms with Crippen LogP contribution in [0.25, 0.3) is 0 Å². The Morgan fingerprint density at radius 1 is 1.09 bits per heavy atom. The fourth-order valence-corrected chi connectivity index (χ4v) is 5.25. The van der Waals surface area contributed by atoms with Crippen molar-refractivity contribution >= 4 is 11.8 Å². The second-order valence-electron chi connectivity index (χ2n) is 8.71. The Bertz CT molecular complexity index is 1080. The van der Waals surface area contributed by atoms with E-state index in [1.54, 1.807) is 26.0 Å². The maximum Gasteiger partial charge on any atom is 0.191 e. The zero-order chi connectivity index (χ0) is 23.9. The number of hydrogen-bond donors (Lipinski definition) is 0. The monoisotopic (exact) mass is 482 g/mol. The molecule has 1 saturated heterocycles. The maximum absolute atomic E-state index is 5.94. The molecule has 7 nitrogen and oxygen atoms in total. The fraction of sp³-hybridized carbons (Fsp3) is 0.462. The molecule has 2 heterocycles. The van der Waals surface area contributed by atoms with Gasteiger partial charge in [0.15, 0.2) is 5.16 Å². The summed E-state index contributed by atoms with van der Waals surface area (Å²) in [6, 6.07) is 14.4. The summed E-state index contributed by atoms with van der Waals surface area (Å²) in [5.41, 5.74) is 3.73. The SMILES string of the molecule is COc1ccc(CN(C)Cc2nnc(SCc3ccccc3C)n2CC2CCCO2)c(OC)c1. The lowest BCUT2D eigenvalue weighted by atomic mass is 10.1. The van der Waals surface area contributed by atoms with Crippen LogP contribution >= 0.6 is 11.8 Å². The second kappa shape index (κ2) is 11.7. The molecule has 1 aliphatic heterocycles. The molecule has 1 unspecified atom stereocenters. The van der Waals surface area contributed by atoms with Crippen molar-refractivity contribution in [3.8, 4) is 11.5 Å². The van der Waals surface area contributed by atoms with Crippen LogP contribution in [0.1, 0.15) is 35.4 Å². The molecular weight excluding hydrogens is 448 g/mol. The highest BCUT2D eigenvalue weighted by atomic mass is 32.2. The molecule has 0 bridgehead atoms. The molecule has 0 saturated carbocycles. The Balaban J connectivity index is 1.49. The van der Waals surface area contributed by atoms with Crippen molar-refractivity contribution < 1.29 is 14.2 Å². The van der Waals surface area contributed by atoms with Crippen LogP contribution in [0.15, 0.2) is 47.6 Å². The highest BCUT2D eigenvalue weighted by Gasteiger charge is 2.22. The van der Waals surface area contributed by atoms with E-state index in [0.717, 1.165) is 66.3 Å². The van der Waals surface area contributed by atoms with Gasteiger partial charge in [0.05, 0.1) is 33.4 Å². The van der Waals surface area contributed by atoms with E-state index in [4.69, 9.17) is 14.2 Å². The number of aromatic nitrogens is 3. The third-order valence-corrected chi connectivity index (χ3v) is 7.18. The first-order valence-corrected chi connectivity index (χ1v) is 12.7. The summed E-state index contributed by atoms with van der Waals surface area (Å²) in [6.45, 7) is 5.19. The summed E-state index contributed by atoms with van der Waals surface area (Å²) in [4.78, 5) is 2.23. The van der Waals surface area contributed by atoms with Gasteiger partial charge in [-0.3, -0.25) is 4.90 Å². The van der Waals surface area contributed by atoms with Gasteiger partial charge in [0.25, 0.3) is 0 Å². The highest BCUT2D eigenvalue weighted by Crippen LogP contribution is 2.28. The van der Waals surface area contributed by atoms with Gasteiger partial charge in [0.2, 0.25) is 0 Å². The van der Waals surface area contributed by atoms with Crippen LogP contribution in [-0.2, 0) is 30.1 Å². The predicted octanol–water partition coefficient (Wildman–Crippen LogP) is 4.71. The van der Waals surface area contributed by atoms with Crippen molar-refractivity contribution in [1.82, 2.24) is 19.7 Å². The maximum atomic E-state index is 5.94. The topological polar surface area (TPSA) is 61.6 Å². The first-order valence-electron chi connectivity index (χ1n) is 11.7. The lowest BCUT2D eigenvalue weighted by Gasteiger charge is -2.20. The molecule has 182 valence electrons. The number of rotatable bonds is 11. The number of benzene rings is 2. The molecule has 8 heteroatoms. The molecule has 0 aliphatic carbocycles. The normalized spacial score (nSPS) is 15.7. The van der Waals surface area contributed by atoms with Crippen molar-refractivity contribution in [3.05, 3.63) is 65.0 Å². The van der Waals surface area contributed by atoms with Crippen molar-refractivity contribution in [2.24, 2.45) is 0 Å². The molecule has 1 aromatic heterocycles. The van der Waals surface area contributed by atoms with Crippen LogP contribution in [0.2, 0.25) is 0 Å². The van der Waals surface area contributed by atoms with Gasteiger partial charge in [-0.25, -0.2) is 0 Å². The van der Waals surface area contributed by atoms with Crippen molar-refractivity contribution in [2.75, 3.05) is 27.9 Å². The standard InChI is InChI=1S/C26H34N4O3S/c1-19-8-5-6-9-21(19)18-34-26-28-27-25(30(26)16-23-10-7-13-33-23)17-29(2)15-20-11-12-22(31-3)14-24(20)32-4/h5-6,8-9,11-12,14,23H,7,10,13,15-18H2,1-4H3. The first-order chi connectivity index (χ1) is 16.6. The van der Waals surface area contributed by atoms with Gasteiger partial charge in [-0.15, -0.1) is 10.2 Å². The quantitative estimate of drug-likeness (QED) is 0.367. The molecule has 34 heavy (non-hydrogen) atoms. The fourth-order valence-electron chi connectivity index (χ4n) is 4.20. The summed E-state index contributed by atoms with van der Waals surface area (Å²) >= 11 is 1.74. The van der Waals surface area contributed by atoms with Crippen LogP contribution < -0.4 is 9.47 Å². The van der Waals surface area contributed by atoms with Gasteiger partial charge >= 0.3 is 0 Å². The number of thioether (sulfide) groups is 1. The molecular formula is C26H34N4O3S. The van der Waals surface area contributed by atoms with Gasteiger partial charge in [-0.1, -0.05) is 42.1 Å². The largest absolute Gasteiger partial charge is 0.497 e. The van der Waals surface area contributed by atoms with E-state index in [0.29, 0.717) is 6.54 Å². The van der Waals surface area contributed by atoms with Crippen LogP contribution in [0, 0.1) is 6.92 Å². The Kier molecular flexibility index (Phi) is 8.48. The van der Waals surface area contributed by atoms with E-state index in [1.165, 1.54) is 11.1 Å². The van der Waals surface area contributed by atoms with Gasteiger partial charge in [0.1, 0.15) is 17.3 Å². The van der Waals surface area contributed by atoms with E-state index in [9.17, 15) is 0 Å². The van der Waals surface area contributed by atoms with E-state index in [-0.39, 0.29) is 6.10 Å². The Hall–Kier alpha value is -2.55. The third-order valence-electron chi connectivity index (χ3n) is 6.17. The van der Waals surface area contributed by atoms with E-state index >= 15 is 0 Å². The molecule has 1 atom stereocenters. The van der Waals surface area contributed by atoms with E-state index in [1.807, 2.05) is 12.1 Å². The molecule has 1 fully saturated rings. The predicted molar refractivity (Wildman–Crippen MR) is 134 cm³/mol. The van der Waals surface area contributed by atoms with Crippen molar-refractivity contribution in [2.45, 2.75) is 56.4 Å². The summed E-state index contributed by atoms with van der Waals surface area (Å²) < 4.78 is 19.1. The smallest absolute Gasteiger partial charge is 0.191 e. The zero-order valence-electron chi connectivity index (χ0n) is 20.5. The van der Waals surface area contributed by atoms with Crippen LogP contribution in [0.3, 0.4) is 0 Å². The minimum atomic E-state index is 0.222. The molecule has 0 amide bonds. The minimum absolute atomic E-state index is 0.222. The van der Waals surface area contributed by atoms with Gasteiger partial charge in [0, 0.05) is 30.5 Å². The first kappa shape index (κ1) is 24.6. The summed E-state index contributed by atoms with van der Waals surface area (Å²) in [6.07, 6.45) is 2.42. The molecule has 0 spiro atoms. The number of aryl methyl sites for hydroxylation is 1. The average Bonchev–Trinajstić information content (AvgIpc) is 3.49. The minimum Gasteiger partial charge on any atom is -0.497 e. The molecule has 4 rings (SSSR count). The van der Waals surface area contributed by atoms with E-state index < -0.39 is 0 Å². The van der Waals surface area contributed by atoms with Crippen LogP contribution in [0.4, 0.5) is 0 Å². The molecule has 3 aromatic rings. The van der Waals surface area contributed by atoms with Gasteiger partial charge in [-0.05, 0) is 44.0 Å². The molecule has 0 radical (unpaired) electrons. The van der Waals surface area contributed by atoms with Crippen LogP contribution in [0.5, 0.6) is 11.5 Å². The van der Waals surface area contributed by atoms with Crippen LogP contribution in [-0.4, -0.2) is 53.6 Å². The summed E-state index contributed by atoms with van der Waals surface area (Å²) in [5, 5.41) is 10.1. The van der Waals surface area contributed by atoms with Gasteiger partial charge < -0.3 is 18.8 Å². The number of nitrogens with zero attached hydrogens (tertiary/aromatic N) is 4. The average molecular weight is 483 g/mol. The summed E-state index contributed by atoms with van der Waals surface area (Å²) in [7, 11) is 5.44.